The molecule has 0 atom stereocenters. The molecule has 1 aromatic carbocycles. The summed E-state index contributed by atoms with van der Waals surface area (Å²) in [5, 5.41) is 14.9. The van der Waals surface area contributed by atoms with Crippen LogP contribution in [0, 0.1) is 5.82 Å². The first kappa shape index (κ1) is 15.4. The van der Waals surface area contributed by atoms with Gasteiger partial charge < -0.3 is 15.2 Å². The van der Waals surface area contributed by atoms with Crippen molar-refractivity contribution in [3.8, 4) is 5.75 Å². The molecular weight excluding hydrogens is 319 g/mol. The van der Waals surface area contributed by atoms with E-state index in [1.54, 1.807) is 6.92 Å². The van der Waals surface area contributed by atoms with Gasteiger partial charge in [0.1, 0.15) is 11.6 Å². The van der Waals surface area contributed by atoms with Gasteiger partial charge in [-0.25, -0.2) is 9.18 Å². The van der Waals surface area contributed by atoms with Crippen molar-refractivity contribution >= 4 is 28.8 Å². The van der Waals surface area contributed by atoms with Crippen molar-refractivity contribution in [3.63, 3.8) is 0 Å². The minimum absolute atomic E-state index is 0.197. The summed E-state index contributed by atoms with van der Waals surface area (Å²) in [5.74, 6) is -0.716. The smallest absolute Gasteiger partial charge is 0.414 e. The summed E-state index contributed by atoms with van der Waals surface area (Å²) in [7, 11) is 1.33. The fraction of sp³-hybridized carbons (Fsp3) is 0.188. The summed E-state index contributed by atoms with van der Waals surface area (Å²) in [6.07, 6.45) is -0.454. The lowest BCUT2D eigenvalue weighted by molar-refractivity contribution is 0.133. The molecule has 2 N–H and O–H groups in total. The Hall–Kier alpha value is -2.54. The lowest BCUT2D eigenvalue weighted by Crippen LogP contribution is -2.32. The van der Waals surface area contributed by atoms with Crippen molar-refractivity contribution in [2.45, 2.75) is 13.5 Å². The van der Waals surface area contributed by atoms with Gasteiger partial charge in [-0.3, -0.25) is 4.90 Å². The van der Waals surface area contributed by atoms with Crippen LogP contribution in [0.3, 0.4) is 0 Å². The number of methoxy groups -OCH3 is 1. The highest BCUT2D eigenvalue weighted by atomic mass is 32.1. The van der Waals surface area contributed by atoms with Crippen molar-refractivity contribution in [3.05, 3.63) is 51.6 Å². The number of nitrogens with zero attached hydrogens (tertiary/aromatic N) is 1. The Bertz CT molecular complexity index is 800. The number of ether oxygens (including phenoxy) is 1. The zero-order valence-electron chi connectivity index (χ0n) is 12.6. The van der Waals surface area contributed by atoms with E-state index >= 15 is 0 Å². The van der Waals surface area contributed by atoms with Gasteiger partial charge in [0.25, 0.3) is 0 Å². The maximum atomic E-state index is 13.1. The first-order chi connectivity index (χ1) is 11.0. The number of carbonyl (C=O) groups excluding carboxylic acids is 1. The number of allylic oxidation sites excluding steroid dienone is 1. The molecule has 0 bridgehead atoms. The molecule has 2 heterocycles. The number of aromatic hydroxyl groups is 1. The fourth-order valence-electron chi connectivity index (χ4n) is 2.49. The topological polar surface area (TPSA) is 61.8 Å². The average Bonchev–Trinajstić information content (AvgIpc) is 2.99. The van der Waals surface area contributed by atoms with E-state index in [0.29, 0.717) is 23.6 Å². The van der Waals surface area contributed by atoms with E-state index in [0.717, 1.165) is 16.5 Å². The van der Waals surface area contributed by atoms with Crippen LogP contribution in [-0.2, 0) is 11.3 Å². The van der Waals surface area contributed by atoms with Crippen LogP contribution in [0.4, 0.5) is 14.9 Å². The van der Waals surface area contributed by atoms with Gasteiger partial charge in [0, 0.05) is 22.2 Å². The van der Waals surface area contributed by atoms with Crippen LogP contribution in [0.15, 0.2) is 35.3 Å². The minimum atomic E-state index is -0.519. The van der Waals surface area contributed by atoms with Crippen LogP contribution >= 0.6 is 11.3 Å². The van der Waals surface area contributed by atoms with E-state index in [1.807, 2.05) is 11.4 Å². The highest BCUT2D eigenvalue weighted by Gasteiger charge is 2.28. The van der Waals surface area contributed by atoms with Crippen LogP contribution in [0.25, 0.3) is 5.70 Å². The number of fused-ring (bicyclic) bond motifs is 1. The molecule has 0 unspecified atom stereocenters. The summed E-state index contributed by atoms with van der Waals surface area (Å²) in [6.45, 7) is 2.23. The standard InChI is InChI=1S/C16H15FN2O3S/c1-9-15(18-12-4-3-10(17)7-13(12)20)11-5-6-23-14(11)8-19(9)16(21)22-2/h3-7,18,20H,8H2,1-2H3. The lowest BCUT2D eigenvalue weighted by atomic mass is 10.1. The summed E-state index contributed by atoms with van der Waals surface area (Å²) in [6, 6.07) is 5.69. The zero-order valence-corrected chi connectivity index (χ0v) is 13.4. The largest absolute Gasteiger partial charge is 0.506 e. The minimum Gasteiger partial charge on any atom is -0.506 e. The number of halogens is 1. The molecule has 0 aliphatic carbocycles. The second kappa shape index (κ2) is 5.92. The van der Waals surface area contributed by atoms with Crippen LogP contribution in [-0.4, -0.2) is 23.2 Å². The molecule has 0 radical (unpaired) electrons. The summed E-state index contributed by atoms with van der Waals surface area (Å²) in [5.41, 5.74) is 2.67. The Morgan fingerprint density at radius 2 is 2.22 bits per heavy atom. The number of nitrogens with one attached hydrogen (secondary N) is 1. The Balaban J connectivity index is 2.04. The van der Waals surface area contributed by atoms with Crippen molar-refractivity contribution in [1.82, 2.24) is 4.90 Å². The van der Waals surface area contributed by atoms with Crippen LogP contribution in [0.1, 0.15) is 17.4 Å². The van der Waals surface area contributed by atoms with Gasteiger partial charge in [-0.15, -0.1) is 11.3 Å². The van der Waals surface area contributed by atoms with Gasteiger partial charge in [0.05, 0.1) is 25.0 Å². The third-order valence-corrected chi connectivity index (χ3v) is 4.60. The Labute approximate surface area is 136 Å². The molecule has 1 aromatic heterocycles. The lowest BCUT2D eigenvalue weighted by Gasteiger charge is -2.29. The van der Waals surface area contributed by atoms with E-state index in [-0.39, 0.29) is 5.75 Å². The maximum Gasteiger partial charge on any atom is 0.414 e. The first-order valence-electron chi connectivity index (χ1n) is 6.90. The molecule has 5 nitrogen and oxygen atoms in total. The number of benzene rings is 1. The molecule has 1 amide bonds. The summed E-state index contributed by atoms with van der Waals surface area (Å²) < 4.78 is 18.0. The number of amides is 1. The molecule has 0 fully saturated rings. The number of hydrogen-bond donors (Lipinski definition) is 2. The van der Waals surface area contributed by atoms with Crippen molar-refractivity contribution in [1.29, 1.82) is 0 Å². The first-order valence-corrected chi connectivity index (χ1v) is 7.78. The SMILES string of the molecule is COC(=O)N1Cc2sccc2C(Nc2ccc(F)cc2O)=C1C. The third kappa shape index (κ3) is 2.75. The van der Waals surface area contributed by atoms with E-state index in [4.69, 9.17) is 4.74 Å². The number of rotatable bonds is 2. The average molecular weight is 334 g/mol. The molecule has 2 aromatic rings. The quantitative estimate of drug-likeness (QED) is 0.816. The fourth-order valence-corrected chi connectivity index (χ4v) is 3.36. The second-order valence-electron chi connectivity index (χ2n) is 5.06. The Morgan fingerprint density at radius 1 is 1.43 bits per heavy atom. The van der Waals surface area contributed by atoms with Crippen molar-refractivity contribution < 1.29 is 19.0 Å². The molecule has 0 saturated carbocycles. The molecule has 23 heavy (non-hydrogen) atoms. The predicted molar refractivity (Wildman–Crippen MR) is 86.5 cm³/mol. The predicted octanol–water partition coefficient (Wildman–Crippen LogP) is 3.98. The number of thiophene rings is 1. The van der Waals surface area contributed by atoms with Crippen molar-refractivity contribution in [2.75, 3.05) is 12.4 Å². The number of anilines is 1. The van der Waals surface area contributed by atoms with Crippen molar-refractivity contribution in [2.24, 2.45) is 0 Å². The van der Waals surface area contributed by atoms with Gasteiger partial charge in [-0.05, 0) is 30.5 Å². The van der Waals surface area contributed by atoms with Gasteiger partial charge >= 0.3 is 6.09 Å². The van der Waals surface area contributed by atoms with E-state index in [9.17, 15) is 14.3 Å². The van der Waals surface area contributed by atoms with Crippen LogP contribution in [0.5, 0.6) is 5.75 Å². The summed E-state index contributed by atoms with van der Waals surface area (Å²) >= 11 is 1.53. The molecule has 3 rings (SSSR count). The normalized spacial score (nSPS) is 13.8. The molecule has 0 spiro atoms. The Morgan fingerprint density at radius 3 is 2.91 bits per heavy atom. The molecule has 0 saturated heterocycles. The zero-order chi connectivity index (χ0) is 16.6. The highest BCUT2D eigenvalue weighted by molar-refractivity contribution is 7.10. The maximum absolute atomic E-state index is 13.1. The van der Waals surface area contributed by atoms with Gasteiger partial charge in [0.2, 0.25) is 0 Å². The second-order valence-corrected chi connectivity index (χ2v) is 6.06. The summed E-state index contributed by atoms with van der Waals surface area (Å²) in [4.78, 5) is 14.5. The monoisotopic (exact) mass is 334 g/mol. The van der Waals surface area contributed by atoms with E-state index in [2.05, 4.69) is 5.32 Å². The number of phenolic OH excluding ortho intramolecular Hbond substituents is 1. The third-order valence-electron chi connectivity index (χ3n) is 3.70. The van der Waals surface area contributed by atoms with Gasteiger partial charge in [-0.1, -0.05) is 0 Å². The Kier molecular flexibility index (Phi) is 3.96. The molecular formula is C16H15FN2O3S. The molecule has 7 heteroatoms. The van der Waals surface area contributed by atoms with Crippen LogP contribution < -0.4 is 5.32 Å². The molecule has 120 valence electrons. The van der Waals surface area contributed by atoms with Crippen LogP contribution in [0.2, 0.25) is 0 Å². The van der Waals surface area contributed by atoms with Gasteiger partial charge in [0.15, 0.2) is 0 Å². The highest BCUT2D eigenvalue weighted by Crippen LogP contribution is 2.37. The number of hydrogen-bond acceptors (Lipinski definition) is 5. The number of phenols is 1. The van der Waals surface area contributed by atoms with Gasteiger partial charge in [-0.2, -0.15) is 0 Å². The van der Waals surface area contributed by atoms with E-state index < -0.39 is 11.9 Å². The number of carbonyl (C=O) groups is 1. The van der Waals surface area contributed by atoms with E-state index in [1.165, 1.54) is 35.5 Å². The molecule has 1 aliphatic rings. The molecule has 1 aliphatic heterocycles.